The van der Waals surface area contributed by atoms with Gasteiger partial charge < -0.3 is 15.2 Å². The molecule has 3 N–H and O–H groups in total. The number of methoxy groups -OCH3 is 1. The first-order valence-electron chi connectivity index (χ1n) is 12.0. The van der Waals surface area contributed by atoms with Crippen molar-refractivity contribution in [2.45, 2.75) is 70.4 Å². The molecule has 2 aromatic carbocycles. The van der Waals surface area contributed by atoms with Crippen LogP contribution in [0.5, 0.6) is 5.75 Å². The number of nitrogens with zero attached hydrogens (tertiary/aromatic N) is 1. The first kappa shape index (κ1) is 27.3. The van der Waals surface area contributed by atoms with Gasteiger partial charge in [0.2, 0.25) is 5.91 Å². The number of hydrogen-bond donors (Lipinski definition) is 2. The minimum absolute atomic E-state index is 0.0959. The molecule has 2 aromatic rings. The molecule has 0 unspecified atom stereocenters. The number of carbonyl (C=O) groups is 2. The van der Waals surface area contributed by atoms with Crippen molar-refractivity contribution in [2.75, 3.05) is 13.7 Å². The van der Waals surface area contributed by atoms with Crippen LogP contribution >= 0.6 is 0 Å². The Bertz CT molecular complexity index is 842. The summed E-state index contributed by atoms with van der Waals surface area (Å²) in [6.45, 7) is 0.606. The average molecular weight is 471 g/mol. The quantitative estimate of drug-likeness (QED) is 0.160. The Morgan fingerprint density at radius 2 is 1.50 bits per heavy atom. The molecule has 186 valence electrons. The van der Waals surface area contributed by atoms with Crippen LogP contribution in [0.4, 0.5) is 0 Å². The lowest BCUT2D eigenvalue weighted by Crippen LogP contribution is -2.40. The topological polar surface area (TPSA) is 102 Å². The monoisotopic (exact) mass is 470 g/mol. The first-order valence-corrected chi connectivity index (χ1v) is 12.0. The fourth-order valence-electron chi connectivity index (χ4n) is 3.64. The fourth-order valence-corrected chi connectivity index (χ4v) is 3.64. The highest BCUT2D eigenvalue weighted by atomic mass is 16.5. The molecule has 1 atom stereocenters. The SMILES string of the molecule is COC(=O)CCCCCCCCC(=O)N(O)C[C@@H](N)Cc1ccc(OCc2ccccc2)cc1. The molecule has 0 fully saturated rings. The van der Waals surface area contributed by atoms with Crippen LogP contribution in [0.2, 0.25) is 0 Å². The van der Waals surface area contributed by atoms with Crippen molar-refractivity contribution in [3.63, 3.8) is 0 Å². The molecule has 0 radical (unpaired) electrons. The standard InChI is InChI=1S/C27H38N2O5/c1-33-27(31)14-10-5-3-2-4-9-13-26(30)29(32)20-24(28)19-22-15-17-25(18-16-22)34-21-23-11-7-6-8-12-23/h6-8,11-12,15-18,24,32H,2-5,9-10,13-14,19-21,28H2,1H3/t24-/m0/s1. The van der Waals surface area contributed by atoms with E-state index in [1.165, 1.54) is 7.11 Å². The molecular weight excluding hydrogens is 432 g/mol. The maximum Gasteiger partial charge on any atom is 0.305 e. The molecule has 0 aromatic heterocycles. The van der Waals surface area contributed by atoms with Crippen molar-refractivity contribution in [2.24, 2.45) is 5.73 Å². The van der Waals surface area contributed by atoms with Gasteiger partial charge in [-0.05, 0) is 42.5 Å². The van der Waals surface area contributed by atoms with E-state index in [1.807, 2.05) is 54.6 Å². The van der Waals surface area contributed by atoms with Crippen LogP contribution < -0.4 is 10.5 Å². The molecule has 0 saturated heterocycles. The summed E-state index contributed by atoms with van der Waals surface area (Å²) in [5.74, 6) is 0.311. The van der Waals surface area contributed by atoms with E-state index >= 15 is 0 Å². The van der Waals surface area contributed by atoms with E-state index in [2.05, 4.69) is 4.74 Å². The Balaban J connectivity index is 1.58. The third kappa shape index (κ3) is 11.3. The molecule has 0 aliphatic heterocycles. The third-order valence-corrected chi connectivity index (χ3v) is 5.61. The lowest BCUT2D eigenvalue weighted by molar-refractivity contribution is -0.166. The number of benzene rings is 2. The Kier molecular flexibility index (Phi) is 12.7. The second-order valence-electron chi connectivity index (χ2n) is 8.56. The van der Waals surface area contributed by atoms with Crippen molar-refractivity contribution >= 4 is 11.9 Å². The van der Waals surface area contributed by atoms with Crippen LogP contribution in [0.1, 0.15) is 62.5 Å². The summed E-state index contributed by atoms with van der Waals surface area (Å²) in [6.07, 6.45) is 6.80. The van der Waals surface area contributed by atoms with E-state index in [4.69, 9.17) is 10.5 Å². The number of carbonyl (C=O) groups excluding carboxylic acids is 2. The lowest BCUT2D eigenvalue weighted by Gasteiger charge is -2.20. The normalized spacial score (nSPS) is 11.6. The molecule has 0 aliphatic rings. The van der Waals surface area contributed by atoms with Crippen molar-refractivity contribution in [1.29, 1.82) is 0 Å². The molecule has 0 saturated carbocycles. The van der Waals surface area contributed by atoms with Crippen molar-refractivity contribution < 1.29 is 24.3 Å². The molecule has 7 nitrogen and oxygen atoms in total. The van der Waals surface area contributed by atoms with E-state index in [0.29, 0.717) is 25.9 Å². The summed E-state index contributed by atoms with van der Waals surface area (Å²) in [5.41, 5.74) is 8.28. The Hall–Kier alpha value is -2.90. The summed E-state index contributed by atoms with van der Waals surface area (Å²) < 4.78 is 10.4. The maximum absolute atomic E-state index is 12.2. The van der Waals surface area contributed by atoms with Crippen molar-refractivity contribution in [3.05, 3.63) is 65.7 Å². The predicted molar refractivity (Wildman–Crippen MR) is 131 cm³/mol. The van der Waals surface area contributed by atoms with Gasteiger partial charge in [-0.15, -0.1) is 0 Å². The van der Waals surface area contributed by atoms with Gasteiger partial charge >= 0.3 is 5.97 Å². The molecule has 34 heavy (non-hydrogen) atoms. The molecule has 0 spiro atoms. The zero-order chi connectivity index (χ0) is 24.6. The van der Waals surface area contributed by atoms with E-state index in [9.17, 15) is 14.8 Å². The van der Waals surface area contributed by atoms with E-state index in [1.54, 1.807) is 0 Å². The molecule has 0 aliphatic carbocycles. The number of esters is 1. The second kappa shape index (κ2) is 15.9. The number of hydroxylamine groups is 2. The van der Waals surface area contributed by atoms with Crippen LogP contribution in [-0.4, -0.2) is 41.8 Å². The maximum atomic E-state index is 12.2. The van der Waals surface area contributed by atoms with Gasteiger partial charge in [0.05, 0.1) is 13.7 Å². The zero-order valence-corrected chi connectivity index (χ0v) is 20.2. The minimum atomic E-state index is -0.361. The van der Waals surface area contributed by atoms with E-state index in [-0.39, 0.29) is 24.5 Å². The summed E-state index contributed by atoms with van der Waals surface area (Å²) >= 11 is 0. The highest BCUT2D eigenvalue weighted by Crippen LogP contribution is 2.15. The summed E-state index contributed by atoms with van der Waals surface area (Å²) in [6, 6.07) is 17.3. The van der Waals surface area contributed by atoms with E-state index in [0.717, 1.165) is 60.5 Å². The largest absolute Gasteiger partial charge is 0.489 e. The van der Waals surface area contributed by atoms with E-state index < -0.39 is 0 Å². The van der Waals surface area contributed by atoms with Crippen LogP contribution in [-0.2, 0) is 27.4 Å². The predicted octanol–water partition coefficient (Wildman–Crippen LogP) is 4.65. The molecule has 0 heterocycles. The Labute approximate surface area is 202 Å². The fraction of sp³-hybridized carbons (Fsp3) is 0.481. The Morgan fingerprint density at radius 3 is 2.15 bits per heavy atom. The smallest absolute Gasteiger partial charge is 0.305 e. The lowest BCUT2D eigenvalue weighted by atomic mass is 10.1. The number of amides is 1. The summed E-state index contributed by atoms with van der Waals surface area (Å²) in [4.78, 5) is 23.2. The summed E-state index contributed by atoms with van der Waals surface area (Å²) in [5, 5.41) is 10.8. The van der Waals surface area contributed by atoms with Crippen LogP contribution in [0.15, 0.2) is 54.6 Å². The molecule has 1 amide bonds. The van der Waals surface area contributed by atoms with Crippen molar-refractivity contribution in [1.82, 2.24) is 5.06 Å². The van der Waals surface area contributed by atoms with Crippen LogP contribution in [0.25, 0.3) is 0 Å². The number of unbranched alkanes of at least 4 members (excludes halogenated alkanes) is 5. The van der Waals surface area contributed by atoms with Crippen LogP contribution in [0.3, 0.4) is 0 Å². The van der Waals surface area contributed by atoms with Gasteiger partial charge in [-0.1, -0.05) is 68.1 Å². The van der Waals surface area contributed by atoms with Crippen LogP contribution in [0, 0.1) is 0 Å². The zero-order valence-electron chi connectivity index (χ0n) is 20.2. The molecule has 2 rings (SSSR count). The van der Waals surface area contributed by atoms with Crippen molar-refractivity contribution in [3.8, 4) is 5.75 Å². The average Bonchev–Trinajstić information content (AvgIpc) is 2.85. The number of nitrogens with two attached hydrogens (primary N) is 1. The minimum Gasteiger partial charge on any atom is -0.489 e. The highest BCUT2D eigenvalue weighted by molar-refractivity contribution is 5.74. The number of rotatable bonds is 16. The van der Waals surface area contributed by atoms with Gasteiger partial charge in [0, 0.05) is 18.9 Å². The third-order valence-electron chi connectivity index (χ3n) is 5.61. The first-order chi connectivity index (χ1) is 16.5. The highest BCUT2D eigenvalue weighted by Gasteiger charge is 2.15. The Morgan fingerprint density at radius 1 is 0.882 bits per heavy atom. The second-order valence-corrected chi connectivity index (χ2v) is 8.56. The van der Waals surface area contributed by atoms with Gasteiger partial charge in [-0.2, -0.15) is 0 Å². The van der Waals surface area contributed by atoms with Gasteiger partial charge in [0.15, 0.2) is 0 Å². The molecular formula is C27H38N2O5. The van der Waals surface area contributed by atoms with Gasteiger partial charge in [-0.3, -0.25) is 14.8 Å². The molecule has 0 bridgehead atoms. The number of hydrogen-bond acceptors (Lipinski definition) is 6. The van der Waals surface area contributed by atoms with Gasteiger partial charge in [0.1, 0.15) is 12.4 Å². The van der Waals surface area contributed by atoms with Gasteiger partial charge in [0.25, 0.3) is 0 Å². The summed E-state index contributed by atoms with van der Waals surface area (Å²) in [7, 11) is 1.40. The number of ether oxygens (including phenoxy) is 2. The van der Waals surface area contributed by atoms with Gasteiger partial charge in [-0.25, -0.2) is 5.06 Å². The molecule has 7 heteroatoms.